The van der Waals surface area contributed by atoms with E-state index in [2.05, 4.69) is 10.6 Å². The molecule has 0 saturated carbocycles. The number of nitrogens with zero attached hydrogens (tertiary/aromatic N) is 1. The number of hydrogen-bond donors (Lipinski definition) is 2. The maximum absolute atomic E-state index is 11.0. The van der Waals surface area contributed by atoms with Gasteiger partial charge in [-0.1, -0.05) is 0 Å². The molecule has 1 amide bonds. The van der Waals surface area contributed by atoms with Gasteiger partial charge in [-0.25, -0.2) is 0 Å². The molecule has 5 heteroatoms. The summed E-state index contributed by atoms with van der Waals surface area (Å²) in [5, 5.41) is 13.9. The molecule has 0 aromatic rings. The van der Waals surface area contributed by atoms with Crippen molar-refractivity contribution >= 4 is 5.91 Å². The largest absolute Gasteiger partial charge is 0.368 e. The van der Waals surface area contributed by atoms with E-state index in [0.717, 1.165) is 25.9 Å². The summed E-state index contributed by atoms with van der Waals surface area (Å²) in [6.45, 7) is 2.01. The van der Waals surface area contributed by atoms with Crippen LogP contribution in [-0.2, 0) is 9.53 Å². The Bertz CT molecular complexity index is 219. The molecule has 5 nitrogen and oxygen atoms in total. The van der Waals surface area contributed by atoms with Crippen LogP contribution in [0.15, 0.2) is 0 Å². The van der Waals surface area contributed by atoms with Crippen LogP contribution in [0.3, 0.4) is 0 Å². The number of nitrogens with one attached hydrogen (secondary N) is 2. The van der Waals surface area contributed by atoms with E-state index in [1.165, 1.54) is 0 Å². The normalized spacial score (nSPS) is 17.4. The predicted molar refractivity (Wildman–Crippen MR) is 50.5 cm³/mol. The SMILES string of the molecule is N#CCNC(=O)COC1CCNCC1. The van der Waals surface area contributed by atoms with Gasteiger partial charge in [0.25, 0.3) is 0 Å². The first-order valence-electron chi connectivity index (χ1n) is 4.79. The van der Waals surface area contributed by atoms with Crippen LogP contribution in [0.4, 0.5) is 0 Å². The quantitative estimate of drug-likeness (QED) is 0.590. The van der Waals surface area contributed by atoms with Crippen LogP contribution in [-0.4, -0.2) is 38.3 Å². The Morgan fingerprint density at radius 2 is 2.29 bits per heavy atom. The van der Waals surface area contributed by atoms with Gasteiger partial charge in [0.15, 0.2) is 0 Å². The molecule has 1 aliphatic heterocycles. The van der Waals surface area contributed by atoms with E-state index >= 15 is 0 Å². The Labute approximate surface area is 83.4 Å². The van der Waals surface area contributed by atoms with Crippen molar-refractivity contribution in [2.24, 2.45) is 0 Å². The fraction of sp³-hybridized carbons (Fsp3) is 0.778. The van der Waals surface area contributed by atoms with E-state index in [9.17, 15) is 4.79 Å². The monoisotopic (exact) mass is 197 g/mol. The summed E-state index contributed by atoms with van der Waals surface area (Å²) in [5.41, 5.74) is 0. The lowest BCUT2D eigenvalue weighted by molar-refractivity contribution is -0.127. The summed E-state index contributed by atoms with van der Waals surface area (Å²) < 4.78 is 5.38. The molecule has 0 aromatic heterocycles. The van der Waals surface area contributed by atoms with Gasteiger partial charge in [0.2, 0.25) is 5.91 Å². The van der Waals surface area contributed by atoms with Crippen LogP contribution < -0.4 is 10.6 Å². The molecule has 78 valence electrons. The van der Waals surface area contributed by atoms with E-state index in [-0.39, 0.29) is 25.2 Å². The molecule has 0 bridgehead atoms. The summed E-state index contributed by atoms with van der Waals surface area (Å²) >= 11 is 0. The van der Waals surface area contributed by atoms with Crippen molar-refractivity contribution in [1.29, 1.82) is 5.26 Å². The van der Waals surface area contributed by atoms with Crippen LogP contribution in [0.2, 0.25) is 0 Å². The van der Waals surface area contributed by atoms with Crippen molar-refractivity contribution in [2.45, 2.75) is 18.9 Å². The minimum absolute atomic E-state index is 0.0500. The molecule has 0 spiro atoms. The zero-order chi connectivity index (χ0) is 10.2. The number of carbonyl (C=O) groups excluding carboxylic acids is 1. The fourth-order valence-corrected chi connectivity index (χ4v) is 1.34. The second kappa shape index (κ2) is 6.35. The summed E-state index contributed by atoms with van der Waals surface area (Å²) in [6.07, 6.45) is 2.08. The van der Waals surface area contributed by atoms with Crippen LogP contribution >= 0.6 is 0 Å². The molecule has 1 heterocycles. The molecule has 0 radical (unpaired) electrons. The molecule has 0 aliphatic carbocycles. The summed E-state index contributed by atoms with van der Waals surface area (Å²) in [6, 6.07) is 1.84. The highest BCUT2D eigenvalue weighted by Crippen LogP contribution is 2.06. The molecule has 0 aromatic carbocycles. The Morgan fingerprint density at radius 3 is 2.93 bits per heavy atom. The first kappa shape index (κ1) is 11.0. The maximum atomic E-state index is 11.0. The molecule has 0 unspecified atom stereocenters. The van der Waals surface area contributed by atoms with Gasteiger partial charge in [-0.2, -0.15) is 5.26 Å². The van der Waals surface area contributed by atoms with Crippen molar-refractivity contribution in [3.05, 3.63) is 0 Å². The Hall–Kier alpha value is -1.12. The van der Waals surface area contributed by atoms with E-state index in [1.807, 2.05) is 6.07 Å². The molecule has 1 rings (SSSR count). The number of piperidine rings is 1. The van der Waals surface area contributed by atoms with Gasteiger partial charge in [-0.05, 0) is 25.9 Å². The van der Waals surface area contributed by atoms with Gasteiger partial charge in [0.1, 0.15) is 13.2 Å². The number of carbonyl (C=O) groups is 1. The van der Waals surface area contributed by atoms with Crippen LogP contribution in [0.25, 0.3) is 0 Å². The fourth-order valence-electron chi connectivity index (χ4n) is 1.34. The van der Waals surface area contributed by atoms with Gasteiger partial charge in [0.05, 0.1) is 12.2 Å². The lowest BCUT2D eigenvalue weighted by atomic mass is 10.1. The molecule has 2 N–H and O–H groups in total. The Kier molecular flexibility index (Phi) is 4.97. The van der Waals surface area contributed by atoms with Crippen LogP contribution in [0.5, 0.6) is 0 Å². The summed E-state index contributed by atoms with van der Waals surface area (Å²) in [4.78, 5) is 11.0. The highest BCUT2D eigenvalue weighted by Gasteiger charge is 2.14. The Morgan fingerprint density at radius 1 is 1.57 bits per heavy atom. The smallest absolute Gasteiger partial charge is 0.246 e. The van der Waals surface area contributed by atoms with E-state index in [4.69, 9.17) is 10.00 Å². The third-order valence-electron chi connectivity index (χ3n) is 2.10. The van der Waals surface area contributed by atoms with E-state index in [0.29, 0.717) is 0 Å². The first-order chi connectivity index (χ1) is 6.83. The maximum Gasteiger partial charge on any atom is 0.246 e. The number of ether oxygens (including phenoxy) is 1. The lowest BCUT2D eigenvalue weighted by Gasteiger charge is -2.22. The van der Waals surface area contributed by atoms with Crippen LogP contribution in [0.1, 0.15) is 12.8 Å². The highest BCUT2D eigenvalue weighted by atomic mass is 16.5. The molecule has 14 heavy (non-hydrogen) atoms. The molecule has 1 saturated heterocycles. The topological polar surface area (TPSA) is 74.2 Å². The van der Waals surface area contributed by atoms with Crippen molar-refractivity contribution < 1.29 is 9.53 Å². The van der Waals surface area contributed by atoms with Gasteiger partial charge < -0.3 is 15.4 Å². The Balaban J connectivity index is 2.07. The molecule has 1 fully saturated rings. The molecular formula is C9H15N3O2. The third kappa shape index (κ3) is 4.21. The second-order valence-electron chi connectivity index (χ2n) is 3.20. The van der Waals surface area contributed by atoms with Crippen LogP contribution in [0, 0.1) is 11.3 Å². The number of amides is 1. The second-order valence-corrected chi connectivity index (χ2v) is 3.20. The standard InChI is InChI=1S/C9H15N3O2/c10-3-6-12-9(13)7-14-8-1-4-11-5-2-8/h8,11H,1-2,4-7H2,(H,12,13). The number of hydrogen-bond acceptors (Lipinski definition) is 4. The van der Waals surface area contributed by atoms with Gasteiger partial charge in [-0.3, -0.25) is 4.79 Å². The minimum atomic E-state index is -0.218. The third-order valence-corrected chi connectivity index (χ3v) is 2.10. The van der Waals surface area contributed by atoms with E-state index < -0.39 is 0 Å². The van der Waals surface area contributed by atoms with Crippen molar-refractivity contribution in [2.75, 3.05) is 26.2 Å². The molecule has 1 aliphatic rings. The highest BCUT2D eigenvalue weighted by molar-refractivity contribution is 5.77. The van der Waals surface area contributed by atoms with Crippen molar-refractivity contribution in [1.82, 2.24) is 10.6 Å². The zero-order valence-corrected chi connectivity index (χ0v) is 8.08. The van der Waals surface area contributed by atoms with Gasteiger partial charge in [-0.15, -0.1) is 0 Å². The summed E-state index contributed by atoms with van der Waals surface area (Å²) in [7, 11) is 0. The minimum Gasteiger partial charge on any atom is -0.368 e. The average Bonchev–Trinajstić information content (AvgIpc) is 2.25. The molecule has 0 atom stereocenters. The summed E-state index contributed by atoms with van der Waals surface area (Å²) in [5.74, 6) is -0.218. The van der Waals surface area contributed by atoms with Gasteiger partial charge >= 0.3 is 0 Å². The zero-order valence-electron chi connectivity index (χ0n) is 8.08. The number of rotatable bonds is 4. The number of nitriles is 1. The van der Waals surface area contributed by atoms with Gasteiger partial charge in [0, 0.05) is 0 Å². The first-order valence-corrected chi connectivity index (χ1v) is 4.79. The average molecular weight is 197 g/mol. The van der Waals surface area contributed by atoms with E-state index in [1.54, 1.807) is 0 Å². The predicted octanol–water partition coefficient (Wildman–Crippen LogP) is -0.605. The molecular weight excluding hydrogens is 182 g/mol. The van der Waals surface area contributed by atoms with Crippen molar-refractivity contribution in [3.8, 4) is 6.07 Å². The van der Waals surface area contributed by atoms with Crippen molar-refractivity contribution in [3.63, 3.8) is 0 Å². The lowest BCUT2D eigenvalue weighted by Crippen LogP contribution is -2.35.